The highest BCUT2D eigenvalue weighted by atomic mass is 16.5. The maximum absolute atomic E-state index is 11.6. The van der Waals surface area contributed by atoms with Gasteiger partial charge in [-0.1, -0.05) is 29.8 Å². The van der Waals surface area contributed by atoms with Gasteiger partial charge in [-0.3, -0.25) is 0 Å². The zero-order valence-electron chi connectivity index (χ0n) is 16.2. The summed E-state index contributed by atoms with van der Waals surface area (Å²) < 4.78 is 11.6. The lowest BCUT2D eigenvalue weighted by atomic mass is 10.1. The highest BCUT2D eigenvalue weighted by Gasteiger charge is 2.16. The first-order chi connectivity index (χ1) is 13.4. The minimum atomic E-state index is -1.03. The Morgan fingerprint density at radius 1 is 1.04 bits per heavy atom. The molecule has 0 saturated heterocycles. The van der Waals surface area contributed by atoms with Crippen LogP contribution in [0.15, 0.2) is 60.7 Å². The molecule has 0 saturated carbocycles. The summed E-state index contributed by atoms with van der Waals surface area (Å²) >= 11 is 0. The van der Waals surface area contributed by atoms with E-state index in [2.05, 4.69) is 4.98 Å². The van der Waals surface area contributed by atoms with Gasteiger partial charge in [0.2, 0.25) is 0 Å². The van der Waals surface area contributed by atoms with E-state index in [-0.39, 0.29) is 18.3 Å². The molecule has 144 valence electrons. The standard InChI is InChI=1S/C23H23NO4/c1-15(2)28-22-7-5-4-6-18(22)20-13-12-19(23(25)26)21(24-20)14-27-17-10-8-16(3)9-11-17/h4-13,15H,14H2,1-3H3,(H,25,26). The highest BCUT2D eigenvalue weighted by molar-refractivity contribution is 5.89. The third-order valence-corrected chi connectivity index (χ3v) is 4.13. The lowest BCUT2D eigenvalue weighted by Crippen LogP contribution is -2.10. The molecule has 0 aliphatic heterocycles. The molecule has 0 amide bonds. The molecule has 0 atom stereocenters. The number of carboxylic acid groups (broad SMARTS) is 1. The second-order valence-corrected chi connectivity index (χ2v) is 6.76. The molecule has 0 aliphatic rings. The summed E-state index contributed by atoms with van der Waals surface area (Å²) in [5, 5.41) is 9.51. The predicted octanol–water partition coefficient (Wildman–Crippen LogP) is 5.12. The molecule has 0 aliphatic carbocycles. The normalized spacial score (nSPS) is 10.7. The van der Waals surface area contributed by atoms with Gasteiger partial charge in [-0.15, -0.1) is 0 Å². The maximum atomic E-state index is 11.6. The third-order valence-electron chi connectivity index (χ3n) is 4.13. The number of carboxylic acids is 1. The molecule has 1 N–H and O–H groups in total. The number of benzene rings is 2. The summed E-state index contributed by atoms with van der Waals surface area (Å²) in [5.74, 6) is 0.337. The van der Waals surface area contributed by atoms with Crippen molar-refractivity contribution in [1.29, 1.82) is 0 Å². The molecule has 2 aromatic carbocycles. The summed E-state index contributed by atoms with van der Waals surface area (Å²) in [6.45, 7) is 5.97. The van der Waals surface area contributed by atoms with Crippen LogP contribution in [0.2, 0.25) is 0 Å². The van der Waals surface area contributed by atoms with Crippen molar-refractivity contribution in [2.24, 2.45) is 0 Å². The molecule has 3 rings (SSSR count). The van der Waals surface area contributed by atoms with Crippen LogP contribution in [-0.2, 0) is 6.61 Å². The van der Waals surface area contributed by atoms with Gasteiger partial charge < -0.3 is 14.6 Å². The Labute approximate surface area is 164 Å². The molecule has 5 heteroatoms. The van der Waals surface area contributed by atoms with Crippen LogP contribution in [0.25, 0.3) is 11.3 Å². The lowest BCUT2D eigenvalue weighted by Gasteiger charge is -2.15. The number of aromatic carboxylic acids is 1. The molecule has 5 nitrogen and oxygen atoms in total. The van der Waals surface area contributed by atoms with Crippen molar-refractivity contribution < 1.29 is 19.4 Å². The van der Waals surface area contributed by atoms with E-state index in [1.807, 2.05) is 69.3 Å². The molecule has 0 radical (unpaired) electrons. The number of carbonyl (C=O) groups is 1. The van der Waals surface area contributed by atoms with E-state index in [1.54, 1.807) is 12.1 Å². The molecule has 1 heterocycles. The SMILES string of the molecule is Cc1ccc(OCc2nc(-c3ccccc3OC(C)C)ccc2C(=O)O)cc1. The van der Waals surface area contributed by atoms with Gasteiger partial charge in [0, 0.05) is 5.56 Å². The Kier molecular flexibility index (Phi) is 5.94. The molecule has 1 aromatic heterocycles. The van der Waals surface area contributed by atoms with Crippen molar-refractivity contribution in [3.05, 3.63) is 77.5 Å². The Morgan fingerprint density at radius 2 is 1.75 bits per heavy atom. The molecular weight excluding hydrogens is 354 g/mol. The number of pyridine rings is 1. The van der Waals surface area contributed by atoms with E-state index in [0.29, 0.717) is 22.9 Å². The van der Waals surface area contributed by atoms with E-state index in [9.17, 15) is 9.90 Å². The van der Waals surface area contributed by atoms with Crippen LogP contribution in [0.4, 0.5) is 0 Å². The average molecular weight is 377 g/mol. The van der Waals surface area contributed by atoms with Crippen LogP contribution in [0, 0.1) is 6.92 Å². The third kappa shape index (κ3) is 4.68. The van der Waals surface area contributed by atoms with Gasteiger partial charge in [0.05, 0.1) is 23.1 Å². The van der Waals surface area contributed by atoms with Gasteiger partial charge in [-0.2, -0.15) is 0 Å². The van der Waals surface area contributed by atoms with Crippen LogP contribution in [-0.4, -0.2) is 22.2 Å². The van der Waals surface area contributed by atoms with Crippen molar-refractivity contribution in [2.45, 2.75) is 33.5 Å². The van der Waals surface area contributed by atoms with Crippen molar-refractivity contribution in [3.8, 4) is 22.8 Å². The second kappa shape index (κ2) is 8.57. The van der Waals surface area contributed by atoms with Gasteiger partial charge in [0.25, 0.3) is 0 Å². The lowest BCUT2D eigenvalue weighted by molar-refractivity contribution is 0.0693. The van der Waals surface area contributed by atoms with E-state index >= 15 is 0 Å². The molecule has 3 aromatic rings. The van der Waals surface area contributed by atoms with Crippen LogP contribution >= 0.6 is 0 Å². The monoisotopic (exact) mass is 377 g/mol. The van der Waals surface area contributed by atoms with Crippen molar-refractivity contribution in [2.75, 3.05) is 0 Å². The maximum Gasteiger partial charge on any atom is 0.337 e. The Bertz CT molecular complexity index is 965. The minimum Gasteiger partial charge on any atom is -0.490 e. The zero-order chi connectivity index (χ0) is 20.1. The van der Waals surface area contributed by atoms with Crippen LogP contribution < -0.4 is 9.47 Å². The number of aryl methyl sites for hydroxylation is 1. The first kappa shape index (κ1) is 19.4. The van der Waals surface area contributed by atoms with Crippen LogP contribution in [0.3, 0.4) is 0 Å². The van der Waals surface area contributed by atoms with Gasteiger partial charge in [-0.05, 0) is 57.2 Å². The van der Waals surface area contributed by atoms with Crippen LogP contribution in [0.5, 0.6) is 11.5 Å². The largest absolute Gasteiger partial charge is 0.490 e. The Hall–Kier alpha value is -3.34. The Morgan fingerprint density at radius 3 is 2.43 bits per heavy atom. The number of ether oxygens (including phenoxy) is 2. The van der Waals surface area contributed by atoms with Gasteiger partial charge >= 0.3 is 5.97 Å². The number of para-hydroxylation sites is 1. The van der Waals surface area contributed by atoms with Gasteiger partial charge in [0.15, 0.2) is 0 Å². The number of aromatic nitrogens is 1. The molecule has 0 spiro atoms. The smallest absolute Gasteiger partial charge is 0.337 e. The van der Waals surface area contributed by atoms with E-state index in [1.165, 1.54) is 0 Å². The number of rotatable bonds is 7. The molecule has 0 fully saturated rings. The molecule has 0 bridgehead atoms. The van der Waals surface area contributed by atoms with Crippen molar-refractivity contribution in [1.82, 2.24) is 4.98 Å². The fraction of sp³-hybridized carbons (Fsp3) is 0.217. The number of hydrogen-bond donors (Lipinski definition) is 1. The number of hydrogen-bond acceptors (Lipinski definition) is 4. The fourth-order valence-corrected chi connectivity index (χ4v) is 2.78. The highest BCUT2D eigenvalue weighted by Crippen LogP contribution is 2.30. The molecule has 28 heavy (non-hydrogen) atoms. The van der Waals surface area contributed by atoms with Gasteiger partial charge in [-0.25, -0.2) is 9.78 Å². The topological polar surface area (TPSA) is 68.7 Å². The van der Waals surface area contributed by atoms with Gasteiger partial charge in [0.1, 0.15) is 18.1 Å². The molecular formula is C23H23NO4. The van der Waals surface area contributed by atoms with Crippen molar-refractivity contribution >= 4 is 5.97 Å². The molecule has 0 unspecified atom stereocenters. The van der Waals surface area contributed by atoms with E-state index in [0.717, 1.165) is 11.1 Å². The zero-order valence-corrected chi connectivity index (χ0v) is 16.2. The van der Waals surface area contributed by atoms with Crippen molar-refractivity contribution in [3.63, 3.8) is 0 Å². The summed E-state index contributed by atoms with van der Waals surface area (Å²) in [6, 6.07) is 18.4. The first-order valence-corrected chi connectivity index (χ1v) is 9.13. The Balaban J connectivity index is 1.94. The van der Waals surface area contributed by atoms with E-state index in [4.69, 9.17) is 9.47 Å². The average Bonchev–Trinajstić information content (AvgIpc) is 2.67. The number of nitrogens with zero attached hydrogens (tertiary/aromatic N) is 1. The van der Waals surface area contributed by atoms with E-state index < -0.39 is 5.97 Å². The summed E-state index contributed by atoms with van der Waals surface area (Å²) in [4.78, 5) is 16.2. The predicted molar refractivity (Wildman–Crippen MR) is 108 cm³/mol. The first-order valence-electron chi connectivity index (χ1n) is 9.13. The minimum absolute atomic E-state index is 0.0174. The summed E-state index contributed by atoms with van der Waals surface area (Å²) in [5.41, 5.74) is 3.07. The quantitative estimate of drug-likeness (QED) is 0.619. The fourth-order valence-electron chi connectivity index (χ4n) is 2.78. The van der Waals surface area contributed by atoms with Crippen LogP contribution in [0.1, 0.15) is 35.5 Å². The summed E-state index contributed by atoms with van der Waals surface area (Å²) in [7, 11) is 0. The second-order valence-electron chi connectivity index (χ2n) is 6.76. The summed E-state index contributed by atoms with van der Waals surface area (Å²) in [6.07, 6.45) is 0.0174.